The summed E-state index contributed by atoms with van der Waals surface area (Å²) < 4.78 is 5.58. The van der Waals surface area contributed by atoms with E-state index in [0.717, 1.165) is 31.6 Å². The normalized spacial score (nSPS) is 19.4. The Kier molecular flexibility index (Phi) is 6.54. The molecule has 3 amide bonds. The van der Waals surface area contributed by atoms with Gasteiger partial charge >= 0.3 is 0 Å². The first-order valence-corrected chi connectivity index (χ1v) is 10.0. The van der Waals surface area contributed by atoms with Crippen molar-refractivity contribution in [1.29, 1.82) is 0 Å². The molecular weight excluding hydrogens is 358 g/mol. The highest BCUT2D eigenvalue weighted by Gasteiger charge is 2.35. The van der Waals surface area contributed by atoms with Crippen LogP contribution in [0.15, 0.2) is 24.3 Å². The quantitative estimate of drug-likeness (QED) is 0.774. The molecule has 0 radical (unpaired) electrons. The predicted octanol–water partition coefficient (Wildman–Crippen LogP) is 1.81. The lowest BCUT2D eigenvalue weighted by Crippen LogP contribution is -2.35. The first-order valence-electron chi connectivity index (χ1n) is 10.0. The number of nitrogens with zero attached hydrogens (tertiary/aromatic N) is 2. The summed E-state index contributed by atoms with van der Waals surface area (Å²) in [6.45, 7) is 6.72. The van der Waals surface area contributed by atoms with Crippen LogP contribution in [0.3, 0.4) is 0 Å². The molecule has 28 heavy (non-hydrogen) atoms. The molecule has 1 atom stereocenters. The van der Waals surface area contributed by atoms with Gasteiger partial charge < -0.3 is 19.9 Å². The van der Waals surface area contributed by atoms with Crippen LogP contribution in [0.25, 0.3) is 0 Å². The molecule has 7 nitrogen and oxygen atoms in total. The van der Waals surface area contributed by atoms with E-state index < -0.39 is 0 Å². The van der Waals surface area contributed by atoms with Crippen LogP contribution in [-0.2, 0) is 14.4 Å². The molecule has 2 fully saturated rings. The molecule has 152 valence electrons. The summed E-state index contributed by atoms with van der Waals surface area (Å²) in [6.07, 6.45) is 2.34. The van der Waals surface area contributed by atoms with Crippen molar-refractivity contribution >= 4 is 23.4 Å². The molecule has 0 aliphatic carbocycles. The van der Waals surface area contributed by atoms with Crippen molar-refractivity contribution in [1.82, 2.24) is 10.2 Å². The van der Waals surface area contributed by atoms with Gasteiger partial charge in [-0.1, -0.05) is 13.8 Å². The molecule has 3 rings (SSSR count). The van der Waals surface area contributed by atoms with E-state index in [2.05, 4.69) is 5.32 Å². The molecule has 2 heterocycles. The molecule has 2 saturated heterocycles. The van der Waals surface area contributed by atoms with Crippen LogP contribution in [0.4, 0.5) is 5.69 Å². The lowest BCUT2D eigenvalue weighted by molar-refractivity contribution is -0.132. The van der Waals surface area contributed by atoms with E-state index in [0.29, 0.717) is 24.8 Å². The maximum Gasteiger partial charge on any atom is 0.260 e. The van der Waals surface area contributed by atoms with E-state index in [9.17, 15) is 14.4 Å². The number of ether oxygens (including phenoxy) is 1. The lowest BCUT2D eigenvalue weighted by atomic mass is 10.1. The molecule has 1 N–H and O–H groups in total. The Labute approximate surface area is 166 Å². The van der Waals surface area contributed by atoms with Crippen molar-refractivity contribution in [3.05, 3.63) is 24.3 Å². The van der Waals surface area contributed by atoms with E-state index in [1.165, 1.54) is 0 Å². The number of carbonyl (C=O) groups excluding carboxylic acids is 3. The van der Waals surface area contributed by atoms with Crippen LogP contribution in [-0.4, -0.2) is 55.4 Å². The summed E-state index contributed by atoms with van der Waals surface area (Å²) in [5.74, 6) is 0.538. The molecule has 0 spiro atoms. The van der Waals surface area contributed by atoms with Gasteiger partial charge in [0.2, 0.25) is 11.8 Å². The number of amides is 3. The summed E-state index contributed by atoms with van der Waals surface area (Å²) in [4.78, 5) is 40.1. The highest BCUT2D eigenvalue weighted by Crippen LogP contribution is 2.27. The van der Waals surface area contributed by atoms with E-state index in [1.807, 2.05) is 18.7 Å². The minimum Gasteiger partial charge on any atom is -0.484 e. The van der Waals surface area contributed by atoms with Gasteiger partial charge in [0.05, 0.1) is 5.92 Å². The molecule has 0 bridgehead atoms. The minimum absolute atomic E-state index is 0.00606. The summed E-state index contributed by atoms with van der Waals surface area (Å²) in [5.41, 5.74) is 0.738. The number of benzene rings is 1. The third-order valence-corrected chi connectivity index (χ3v) is 5.15. The highest BCUT2D eigenvalue weighted by atomic mass is 16.5. The second kappa shape index (κ2) is 9.08. The van der Waals surface area contributed by atoms with Crippen molar-refractivity contribution in [2.75, 3.05) is 37.7 Å². The van der Waals surface area contributed by atoms with Gasteiger partial charge in [0.15, 0.2) is 6.61 Å². The summed E-state index contributed by atoms with van der Waals surface area (Å²) in [6, 6.07) is 7.10. The molecule has 1 unspecified atom stereocenters. The molecule has 0 saturated carbocycles. The number of rotatable bonds is 7. The van der Waals surface area contributed by atoms with Crippen molar-refractivity contribution in [2.45, 2.75) is 33.1 Å². The summed E-state index contributed by atoms with van der Waals surface area (Å²) in [5, 5.41) is 2.90. The molecule has 1 aromatic carbocycles. The average Bonchev–Trinajstić information content (AvgIpc) is 3.34. The second-order valence-corrected chi connectivity index (χ2v) is 7.91. The SMILES string of the molecule is CC(C)CNC(=O)C1CC(=O)N(c2ccc(OCC(=O)N3CCCC3)cc2)C1. The Balaban J connectivity index is 1.52. The minimum atomic E-state index is -0.319. The van der Waals surface area contributed by atoms with Crippen LogP contribution >= 0.6 is 0 Å². The smallest absolute Gasteiger partial charge is 0.260 e. The van der Waals surface area contributed by atoms with Gasteiger partial charge in [0.25, 0.3) is 5.91 Å². The van der Waals surface area contributed by atoms with Gasteiger partial charge in [-0.25, -0.2) is 0 Å². The Bertz CT molecular complexity index is 711. The third-order valence-electron chi connectivity index (χ3n) is 5.15. The number of likely N-dealkylation sites (tertiary alicyclic amines) is 1. The Morgan fingerprint density at radius 1 is 1.18 bits per heavy atom. The van der Waals surface area contributed by atoms with Gasteiger partial charge in [-0.3, -0.25) is 14.4 Å². The number of anilines is 1. The van der Waals surface area contributed by atoms with Crippen LogP contribution in [0.5, 0.6) is 5.75 Å². The first kappa shape index (κ1) is 20.2. The van der Waals surface area contributed by atoms with Gasteiger partial charge in [0, 0.05) is 38.3 Å². The van der Waals surface area contributed by atoms with E-state index >= 15 is 0 Å². The zero-order chi connectivity index (χ0) is 20.1. The van der Waals surface area contributed by atoms with Gasteiger partial charge in [0.1, 0.15) is 5.75 Å². The Morgan fingerprint density at radius 3 is 2.50 bits per heavy atom. The first-order chi connectivity index (χ1) is 13.4. The van der Waals surface area contributed by atoms with Gasteiger partial charge in [-0.15, -0.1) is 0 Å². The molecule has 7 heteroatoms. The second-order valence-electron chi connectivity index (χ2n) is 7.91. The standard InChI is InChI=1S/C21H29N3O4/c1-15(2)12-22-21(27)16-11-19(25)24(13-16)17-5-7-18(8-6-17)28-14-20(26)23-9-3-4-10-23/h5-8,15-16H,3-4,9-14H2,1-2H3,(H,22,27). The summed E-state index contributed by atoms with van der Waals surface area (Å²) >= 11 is 0. The fourth-order valence-electron chi connectivity index (χ4n) is 3.51. The Hall–Kier alpha value is -2.57. The zero-order valence-electron chi connectivity index (χ0n) is 16.6. The monoisotopic (exact) mass is 387 g/mol. The van der Waals surface area contributed by atoms with E-state index in [-0.39, 0.29) is 36.7 Å². The molecule has 0 aromatic heterocycles. The maximum absolute atomic E-state index is 12.3. The number of hydrogen-bond donors (Lipinski definition) is 1. The van der Waals surface area contributed by atoms with Crippen LogP contribution in [0.2, 0.25) is 0 Å². The molecular formula is C21H29N3O4. The van der Waals surface area contributed by atoms with Crippen LogP contribution in [0.1, 0.15) is 33.1 Å². The number of carbonyl (C=O) groups is 3. The third kappa shape index (κ3) is 5.03. The van der Waals surface area contributed by atoms with E-state index in [1.54, 1.807) is 29.2 Å². The Morgan fingerprint density at radius 2 is 1.86 bits per heavy atom. The fraction of sp³-hybridized carbons (Fsp3) is 0.571. The maximum atomic E-state index is 12.3. The number of hydrogen-bond acceptors (Lipinski definition) is 4. The summed E-state index contributed by atoms with van der Waals surface area (Å²) in [7, 11) is 0. The predicted molar refractivity (Wildman–Crippen MR) is 106 cm³/mol. The lowest BCUT2D eigenvalue weighted by Gasteiger charge is -2.18. The van der Waals surface area contributed by atoms with Gasteiger partial charge in [-0.05, 0) is 43.0 Å². The van der Waals surface area contributed by atoms with Crippen LogP contribution in [0, 0.1) is 11.8 Å². The number of nitrogens with one attached hydrogen (secondary N) is 1. The van der Waals surface area contributed by atoms with Crippen LogP contribution < -0.4 is 15.0 Å². The van der Waals surface area contributed by atoms with Gasteiger partial charge in [-0.2, -0.15) is 0 Å². The van der Waals surface area contributed by atoms with Crippen molar-refractivity contribution in [3.63, 3.8) is 0 Å². The largest absolute Gasteiger partial charge is 0.484 e. The fourth-order valence-corrected chi connectivity index (χ4v) is 3.51. The zero-order valence-corrected chi connectivity index (χ0v) is 16.6. The average molecular weight is 387 g/mol. The van der Waals surface area contributed by atoms with Crippen molar-refractivity contribution < 1.29 is 19.1 Å². The molecule has 2 aliphatic rings. The van der Waals surface area contributed by atoms with E-state index in [4.69, 9.17) is 4.74 Å². The molecule has 2 aliphatic heterocycles. The van der Waals surface area contributed by atoms with Crippen molar-refractivity contribution in [2.24, 2.45) is 11.8 Å². The topological polar surface area (TPSA) is 79.0 Å². The molecule has 1 aromatic rings. The van der Waals surface area contributed by atoms with Crippen molar-refractivity contribution in [3.8, 4) is 5.75 Å². The highest BCUT2D eigenvalue weighted by molar-refractivity contribution is 6.00.